The van der Waals surface area contributed by atoms with Crippen molar-refractivity contribution in [3.8, 4) is 5.75 Å². The molecule has 3 rings (SSSR count). The number of carbonyl (C=O) groups excluding carboxylic acids is 1. The maximum absolute atomic E-state index is 12.7. The fraction of sp³-hybridized carbons (Fsp3) is 0.500. The van der Waals surface area contributed by atoms with Crippen molar-refractivity contribution in [3.05, 3.63) is 47.5 Å². The average Bonchev–Trinajstić information content (AvgIpc) is 3.13. The molecule has 0 unspecified atom stereocenters. The minimum absolute atomic E-state index is 0.0759. The van der Waals surface area contributed by atoms with Crippen LogP contribution in [0.2, 0.25) is 0 Å². The SMILES string of the molecule is CCCCc1ncc(CN2CCN(C(=O)c3cccc(OC)c3)CC2)[nH]1. The van der Waals surface area contributed by atoms with Crippen molar-refractivity contribution < 1.29 is 9.53 Å². The Labute approximate surface area is 155 Å². The predicted molar refractivity (Wildman–Crippen MR) is 101 cm³/mol. The fourth-order valence-electron chi connectivity index (χ4n) is 3.25. The molecule has 0 bridgehead atoms. The van der Waals surface area contributed by atoms with Crippen molar-refractivity contribution in [1.82, 2.24) is 19.8 Å². The monoisotopic (exact) mass is 356 g/mol. The molecule has 0 radical (unpaired) electrons. The van der Waals surface area contributed by atoms with Crippen LogP contribution in [0.4, 0.5) is 0 Å². The van der Waals surface area contributed by atoms with Crippen LogP contribution in [0.5, 0.6) is 5.75 Å². The van der Waals surface area contributed by atoms with Crippen LogP contribution in [0.1, 0.15) is 41.6 Å². The molecule has 1 aromatic heterocycles. The molecule has 2 aromatic rings. The zero-order chi connectivity index (χ0) is 18.4. The van der Waals surface area contributed by atoms with Gasteiger partial charge in [-0.05, 0) is 24.6 Å². The van der Waals surface area contributed by atoms with Gasteiger partial charge in [0.2, 0.25) is 0 Å². The quantitative estimate of drug-likeness (QED) is 0.829. The number of amides is 1. The summed E-state index contributed by atoms with van der Waals surface area (Å²) in [4.78, 5) is 24.8. The highest BCUT2D eigenvalue weighted by molar-refractivity contribution is 5.94. The second kappa shape index (κ2) is 8.85. The second-order valence-electron chi connectivity index (χ2n) is 6.76. The molecule has 1 aliphatic rings. The Kier molecular flexibility index (Phi) is 6.28. The molecule has 140 valence electrons. The first kappa shape index (κ1) is 18.5. The largest absolute Gasteiger partial charge is 0.497 e. The zero-order valence-corrected chi connectivity index (χ0v) is 15.7. The van der Waals surface area contributed by atoms with Crippen LogP contribution in [-0.2, 0) is 13.0 Å². The van der Waals surface area contributed by atoms with Crippen molar-refractivity contribution >= 4 is 5.91 Å². The molecular weight excluding hydrogens is 328 g/mol. The van der Waals surface area contributed by atoms with E-state index in [4.69, 9.17) is 4.74 Å². The Morgan fingerprint density at radius 3 is 2.81 bits per heavy atom. The van der Waals surface area contributed by atoms with Crippen molar-refractivity contribution in [2.24, 2.45) is 0 Å². The van der Waals surface area contributed by atoms with Crippen molar-refractivity contribution in [1.29, 1.82) is 0 Å². The van der Waals surface area contributed by atoms with Gasteiger partial charge in [0.25, 0.3) is 5.91 Å². The molecule has 1 amide bonds. The van der Waals surface area contributed by atoms with E-state index in [0.29, 0.717) is 11.3 Å². The van der Waals surface area contributed by atoms with E-state index in [1.54, 1.807) is 13.2 Å². The minimum atomic E-state index is 0.0759. The number of methoxy groups -OCH3 is 1. The van der Waals surface area contributed by atoms with Crippen LogP contribution in [0.25, 0.3) is 0 Å². The summed E-state index contributed by atoms with van der Waals surface area (Å²) < 4.78 is 5.21. The highest BCUT2D eigenvalue weighted by atomic mass is 16.5. The summed E-state index contributed by atoms with van der Waals surface area (Å²) in [6.07, 6.45) is 5.30. The minimum Gasteiger partial charge on any atom is -0.497 e. The van der Waals surface area contributed by atoms with Crippen LogP contribution in [-0.4, -0.2) is 59.0 Å². The van der Waals surface area contributed by atoms with Gasteiger partial charge in [0.1, 0.15) is 11.6 Å². The van der Waals surface area contributed by atoms with Gasteiger partial charge in [0, 0.05) is 56.6 Å². The number of carbonyl (C=O) groups is 1. The molecule has 1 aromatic carbocycles. The molecule has 6 nitrogen and oxygen atoms in total. The number of nitrogens with one attached hydrogen (secondary N) is 1. The number of imidazole rings is 1. The van der Waals surface area contributed by atoms with Crippen LogP contribution < -0.4 is 4.74 Å². The highest BCUT2D eigenvalue weighted by Gasteiger charge is 2.22. The normalized spacial score (nSPS) is 15.2. The lowest BCUT2D eigenvalue weighted by molar-refractivity contribution is 0.0627. The summed E-state index contributed by atoms with van der Waals surface area (Å²) in [5.41, 5.74) is 1.84. The van der Waals surface area contributed by atoms with E-state index in [1.165, 1.54) is 6.42 Å². The Morgan fingerprint density at radius 1 is 1.27 bits per heavy atom. The fourth-order valence-corrected chi connectivity index (χ4v) is 3.25. The van der Waals surface area contributed by atoms with Crippen molar-refractivity contribution in [3.63, 3.8) is 0 Å². The Bertz CT molecular complexity index is 720. The molecular formula is C20H28N4O2. The molecule has 6 heteroatoms. The number of aromatic nitrogens is 2. The van der Waals surface area contributed by atoms with Gasteiger partial charge in [-0.25, -0.2) is 4.98 Å². The first-order chi connectivity index (χ1) is 12.7. The molecule has 0 saturated carbocycles. The zero-order valence-electron chi connectivity index (χ0n) is 15.7. The third kappa shape index (κ3) is 4.64. The number of ether oxygens (including phenoxy) is 1. The predicted octanol–water partition coefficient (Wildman–Crippen LogP) is 2.72. The number of piperazine rings is 1. The number of hydrogen-bond acceptors (Lipinski definition) is 4. The van der Waals surface area contributed by atoms with E-state index in [-0.39, 0.29) is 5.91 Å². The van der Waals surface area contributed by atoms with Crippen molar-refractivity contribution in [2.75, 3.05) is 33.3 Å². The molecule has 1 N–H and O–H groups in total. The number of unbranched alkanes of at least 4 members (excludes halogenated alkanes) is 1. The third-order valence-corrected chi connectivity index (χ3v) is 4.82. The topological polar surface area (TPSA) is 61.5 Å². The average molecular weight is 356 g/mol. The van der Waals surface area contributed by atoms with E-state index in [1.807, 2.05) is 29.3 Å². The van der Waals surface area contributed by atoms with Gasteiger partial charge in [0.15, 0.2) is 0 Å². The molecule has 2 heterocycles. The van der Waals surface area contributed by atoms with Gasteiger partial charge in [-0.1, -0.05) is 19.4 Å². The number of H-pyrrole nitrogens is 1. The van der Waals surface area contributed by atoms with Gasteiger partial charge in [-0.2, -0.15) is 0 Å². The molecule has 26 heavy (non-hydrogen) atoms. The van der Waals surface area contributed by atoms with Gasteiger partial charge in [-0.3, -0.25) is 9.69 Å². The lowest BCUT2D eigenvalue weighted by Crippen LogP contribution is -2.48. The first-order valence-corrected chi connectivity index (χ1v) is 9.38. The Morgan fingerprint density at radius 2 is 2.08 bits per heavy atom. The van der Waals surface area contributed by atoms with Gasteiger partial charge in [0.05, 0.1) is 7.11 Å². The van der Waals surface area contributed by atoms with E-state index in [9.17, 15) is 4.79 Å². The van der Waals surface area contributed by atoms with Gasteiger partial charge >= 0.3 is 0 Å². The summed E-state index contributed by atoms with van der Waals surface area (Å²) in [5, 5.41) is 0. The van der Waals surface area contributed by atoms with Crippen LogP contribution in [0.15, 0.2) is 30.5 Å². The summed E-state index contributed by atoms with van der Waals surface area (Å²) in [7, 11) is 1.62. The number of hydrogen-bond donors (Lipinski definition) is 1. The lowest BCUT2D eigenvalue weighted by atomic mass is 10.1. The number of rotatable bonds is 7. The van der Waals surface area contributed by atoms with Gasteiger partial charge in [-0.15, -0.1) is 0 Å². The number of aromatic amines is 1. The Hall–Kier alpha value is -2.34. The molecule has 1 saturated heterocycles. The summed E-state index contributed by atoms with van der Waals surface area (Å²) in [6, 6.07) is 7.36. The van der Waals surface area contributed by atoms with E-state index < -0.39 is 0 Å². The van der Waals surface area contributed by atoms with Gasteiger partial charge < -0.3 is 14.6 Å². The van der Waals surface area contributed by atoms with E-state index in [2.05, 4.69) is 21.8 Å². The lowest BCUT2D eigenvalue weighted by Gasteiger charge is -2.34. The smallest absolute Gasteiger partial charge is 0.254 e. The summed E-state index contributed by atoms with van der Waals surface area (Å²) in [6.45, 7) is 6.29. The standard InChI is InChI=1S/C20H28N4O2/c1-3-4-8-19-21-14-17(22-19)15-23-9-11-24(12-10-23)20(25)16-6-5-7-18(13-16)26-2/h5-7,13-14H,3-4,8-12,15H2,1-2H3,(H,21,22). The first-order valence-electron chi connectivity index (χ1n) is 9.38. The second-order valence-corrected chi connectivity index (χ2v) is 6.76. The molecule has 1 fully saturated rings. The van der Waals surface area contributed by atoms with E-state index >= 15 is 0 Å². The van der Waals surface area contributed by atoms with Crippen molar-refractivity contribution in [2.45, 2.75) is 32.7 Å². The maximum Gasteiger partial charge on any atom is 0.254 e. The number of nitrogens with zero attached hydrogens (tertiary/aromatic N) is 3. The number of aryl methyl sites for hydroxylation is 1. The molecule has 0 aliphatic carbocycles. The highest BCUT2D eigenvalue weighted by Crippen LogP contribution is 2.16. The van der Waals surface area contributed by atoms with Crippen LogP contribution >= 0.6 is 0 Å². The summed E-state index contributed by atoms with van der Waals surface area (Å²) >= 11 is 0. The number of benzene rings is 1. The van der Waals surface area contributed by atoms with E-state index in [0.717, 1.165) is 57.1 Å². The molecule has 0 atom stereocenters. The third-order valence-electron chi connectivity index (χ3n) is 4.82. The molecule has 1 aliphatic heterocycles. The van der Waals surface area contributed by atoms with Crippen LogP contribution in [0, 0.1) is 0 Å². The van der Waals surface area contributed by atoms with Crippen LogP contribution in [0.3, 0.4) is 0 Å². The Balaban J connectivity index is 1.50. The summed E-state index contributed by atoms with van der Waals surface area (Å²) in [5.74, 6) is 1.87. The maximum atomic E-state index is 12.7. The molecule has 0 spiro atoms.